The first kappa shape index (κ1) is 12.8. The van der Waals surface area contributed by atoms with Gasteiger partial charge in [0.05, 0.1) is 5.02 Å². The molecule has 88 valence electrons. The molecule has 0 bridgehead atoms. The summed E-state index contributed by atoms with van der Waals surface area (Å²) in [6.07, 6.45) is 0.625. The number of halogens is 1. The second-order valence-electron chi connectivity index (χ2n) is 3.82. The van der Waals surface area contributed by atoms with E-state index in [2.05, 4.69) is 10.3 Å². The SMILES string of the molecule is CCc1[nH]c(=O)c(C(=O)NC(C)C)cc1Cl. The smallest absolute Gasteiger partial charge is 0.261 e. The van der Waals surface area contributed by atoms with Gasteiger partial charge in [-0.3, -0.25) is 9.59 Å². The molecule has 1 aromatic heterocycles. The van der Waals surface area contributed by atoms with Gasteiger partial charge in [-0.1, -0.05) is 18.5 Å². The highest BCUT2D eigenvalue weighted by Crippen LogP contribution is 2.13. The van der Waals surface area contributed by atoms with Crippen LogP contribution in [0.2, 0.25) is 5.02 Å². The van der Waals surface area contributed by atoms with Crippen LogP contribution in [0.3, 0.4) is 0 Å². The second kappa shape index (κ2) is 5.16. The van der Waals surface area contributed by atoms with Gasteiger partial charge in [0, 0.05) is 11.7 Å². The predicted molar refractivity (Wildman–Crippen MR) is 64.1 cm³/mol. The molecule has 0 aliphatic heterocycles. The normalized spacial score (nSPS) is 10.6. The molecule has 1 amide bonds. The summed E-state index contributed by atoms with van der Waals surface area (Å²) < 4.78 is 0. The molecule has 5 heteroatoms. The zero-order valence-electron chi connectivity index (χ0n) is 9.56. The van der Waals surface area contributed by atoms with Crippen LogP contribution >= 0.6 is 11.6 Å². The first-order valence-electron chi connectivity index (χ1n) is 5.18. The van der Waals surface area contributed by atoms with Crippen molar-refractivity contribution in [2.24, 2.45) is 0 Å². The van der Waals surface area contributed by atoms with Crippen molar-refractivity contribution in [3.05, 3.63) is 32.7 Å². The third kappa shape index (κ3) is 2.85. The van der Waals surface area contributed by atoms with Crippen LogP contribution in [0.15, 0.2) is 10.9 Å². The number of rotatable bonds is 3. The summed E-state index contributed by atoms with van der Waals surface area (Å²) in [4.78, 5) is 25.8. The molecule has 0 spiro atoms. The molecule has 0 atom stereocenters. The second-order valence-corrected chi connectivity index (χ2v) is 4.23. The van der Waals surface area contributed by atoms with Crippen LogP contribution < -0.4 is 10.9 Å². The fraction of sp³-hybridized carbons (Fsp3) is 0.455. The van der Waals surface area contributed by atoms with E-state index in [1.165, 1.54) is 6.07 Å². The van der Waals surface area contributed by atoms with Crippen molar-refractivity contribution < 1.29 is 4.79 Å². The van der Waals surface area contributed by atoms with Crippen molar-refractivity contribution in [2.75, 3.05) is 0 Å². The lowest BCUT2D eigenvalue weighted by molar-refractivity contribution is 0.0941. The number of carbonyl (C=O) groups excluding carboxylic acids is 1. The van der Waals surface area contributed by atoms with E-state index in [1.54, 1.807) is 0 Å². The van der Waals surface area contributed by atoms with E-state index in [4.69, 9.17) is 11.6 Å². The molecule has 0 aliphatic carbocycles. The molecule has 0 fully saturated rings. The molecule has 0 saturated heterocycles. The van der Waals surface area contributed by atoms with E-state index in [1.807, 2.05) is 20.8 Å². The van der Waals surface area contributed by atoms with Crippen molar-refractivity contribution in [3.63, 3.8) is 0 Å². The topological polar surface area (TPSA) is 62.0 Å². The molecule has 0 unspecified atom stereocenters. The molecule has 0 saturated carbocycles. The van der Waals surface area contributed by atoms with Crippen LogP contribution in [0.4, 0.5) is 0 Å². The number of pyridine rings is 1. The first-order chi connectivity index (χ1) is 7.45. The zero-order chi connectivity index (χ0) is 12.3. The molecule has 4 nitrogen and oxygen atoms in total. The molecule has 0 aromatic carbocycles. The Kier molecular flexibility index (Phi) is 4.12. The maximum Gasteiger partial charge on any atom is 0.261 e. The molecule has 1 aromatic rings. The quantitative estimate of drug-likeness (QED) is 0.848. The van der Waals surface area contributed by atoms with Crippen molar-refractivity contribution in [1.29, 1.82) is 0 Å². The van der Waals surface area contributed by atoms with Crippen LogP contribution in [0.25, 0.3) is 0 Å². The summed E-state index contributed by atoms with van der Waals surface area (Å²) in [7, 11) is 0. The monoisotopic (exact) mass is 242 g/mol. The molecule has 1 heterocycles. The van der Waals surface area contributed by atoms with Gasteiger partial charge in [0.15, 0.2) is 0 Å². The fourth-order valence-corrected chi connectivity index (χ4v) is 1.60. The van der Waals surface area contributed by atoms with Crippen LogP contribution in [-0.4, -0.2) is 16.9 Å². The van der Waals surface area contributed by atoms with E-state index in [0.29, 0.717) is 17.1 Å². The highest BCUT2D eigenvalue weighted by atomic mass is 35.5. The Bertz CT molecular complexity index is 452. The summed E-state index contributed by atoms with van der Waals surface area (Å²) in [5.74, 6) is -0.402. The lowest BCUT2D eigenvalue weighted by Gasteiger charge is -2.09. The number of aryl methyl sites for hydroxylation is 1. The third-order valence-corrected chi connectivity index (χ3v) is 2.42. The average molecular weight is 243 g/mol. The number of nitrogens with one attached hydrogen (secondary N) is 2. The van der Waals surface area contributed by atoms with E-state index >= 15 is 0 Å². The van der Waals surface area contributed by atoms with Gasteiger partial charge in [-0.25, -0.2) is 0 Å². The lowest BCUT2D eigenvalue weighted by atomic mass is 10.2. The van der Waals surface area contributed by atoms with E-state index in [0.717, 1.165) is 0 Å². The van der Waals surface area contributed by atoms with E-state index in [9.17, 15) is 9.59 Å². The minimum absolute atomic E-state index is 0.0171. The van der Waals surface area contributed by atoms with Gasteiger partial charge < -0.3 is 10.3 Å². The van der Waals surface area contributed by atoms with Gasteiger partial charge >= 0.3 is 0 Å². The number of carbonyl (C=O) groups is 1. The molecule has 0 radical (unpaired) electrons. The Hall–Kier alpha value is -1.29. The predicted octanol–water partition coefficient (Wildman–Crippen LogP) is 1.73. The standard InChI is InChI=1S/C11H15ClN2O2/c1-4-9-8(12)5-7(11(16)14-9)10(15)13-6(2)3/h5-6H,4H2,1-3H3,(H,13,15)(H,14,16). The van der Waals surface area contributed by atoms with Gasteiger partial charge in [0.2, 0.25) is 0 Å². The number of H-pyrrole nitrogens is 1. The molecular formula is C11H15ClN2O2. The Morgan fingerprint density at radius 2 is 2.19 bits per heavy atom. The maximum atomic E-state index is 11.6. The lowest BCUT2D eigenvalue weighted by Crippen LogP contribution is -2.34. The number of aromatic nitrogens is 1. The van der Waals surface area contributed by atoms with Crippen LogP contribution in [0, 0.1) is 0 Å². The van der Waals surface area contributed by atoms with Gasteiger partial charge in [0.1, 0.15) is 5.56 Å². The summed E-state index contributed by atoms with van der Waals surface area (Å²) in [6.45, 7) is 5.53. The highest BCUT2D eigenvalue weighted by Gasteiger charge is 2.13. The van der Waals surface area contributed by atoms with Gasteiger partial charge in [0.25, 0.3) is 11.5 Å². The van der Waals surface area contributed by atoms with Crippen molar-refractivity contribution >= 4 is 17.5 Å². The van der Waals surface area contributed by atoms with E-state index in [-0.39, 0.29) is 11.6 Å². The van der Waals surface area contributed by atoms with E-state index < -0.39 is 11.5 Å². The number of hydrogen-bond donors (Lipinski definition) is 2. The molecule has 1 rings (SSSR count). The minimum Gasteiger partial charge on any atom is -0.350 e. The fourth-order valence-electron chi connectivity index (χ4n) is 1.31. The Labute approximate surface area is 99.0 Å². The van der Waals surface area contributed by atoms with Crippen LogP contribution in [0.1, 0.15) is 36.8 Å². The van der Waals surface area contributed by atoms with Gasteiger partial charge in [-0.05, 0) is 26.3 Å². The van der Waals surface area contributed by atoms with Crippen LogP contribution in [0.5, 0.6) is 0 Å². The Morgan fingerprint density at radius 3 is 2.69 bits per heavy atom. The summed E-state index contributed by atoms with van der Waals surface area (Å²) in [5.41, 5.74) is 0.295. The maximum absolute atomic E-state index is 11.6. The summed E-state index contributed by atoms with van der Waals surface area (Å²) >= 11 is 5.93. The highest BCUT2D eigenvalue weighted by molar-refractivity contribution is 6.31. The Morgan fingerprint density at radius 1 is 1.56 bits per heavy atom. The minimum atomic E-state index is -0.403. The van der Waals surface area contributed by atoms with Crippen molar-refractivity contribution in [2.45, 2.75) is 33.2 Å². The van der Waals surface area contributed by atoms with Crippen LogP contribution in [-0.2, 0) is 6.42 Å². The molecule has 2 N–H and O–H groups in total. The molecule has 0 aliphatic rings. The Balaban J connectivity index is 3.11. The van der Waals surface area contributed by atoms with Crippen molar-refractivity contribution in [1.82, 2.24) is 10.3 Å². The number of hydrogen-bond acceptors (Lipinski definition) is 2. The zero-order valence-corrected chi connectivity index (χ0v) is 10.3. The molecule has 16 heavy (non-hydrogen) atoms. The number of aromatic amines is 1. The van der Waals surface area contributed by atoms with Crippen molar-refractivity contribution in [3.8, 4) is 0 Å². The largest absolute Gasteiger partial charge is 0.350 e. The van der Waals surface area contributed by atoms with Gasteiger partial charge in [-0.2, -0.15) is 0 Å². The average Bonchev–Trinajstić information content (AvgIpc) is 2.19. The van der Waals surface area contributed by atoms with Gasteiger partial charge in [-0.15, -0.1) is 0 Å². The first-order valence-corrected chi connectivity index (χ1v) is 5.56. The number of amides is 1. The molecular weight excluding hydrogens is 228 g/mol. The third-order valence-electron chi connectivity index (χ3n) is 2.09. The summed E-state index contributed by atoms with van der Waals surface area (Å²) in [6, 6.07) is 1.40. The summed E-state index contributed by atoms with van der Waals surface area (Å²) in [5, 5.41) is 3.06.